The molecule has 0 rings (SSSR count). The molecule has 0 aliphatic heterocycles. The van der Waals surface area contributed by atoms with Crippen molar-refractivity contribution < 1.29 is 38.4 Å². The summed E-state index contributed by atoms with van der Waals surface area (Å²) < 4.78 is 0. The summed E-state index contributed by atoms with van der Waals surface area (Å²) >= 11 is 0. The molecule has 0 radical (unpaired) electrons. The Bertz CT molecular complexity index is 949. The fraction of sp³-hybridized carbons (Fsp3) is 0.765. The SMILES string of the molecule is CC(=O)C[C@H](CC(=O)[C@@H](N)CC(C)=O)C(=O)NCCCCCCCCCCCCCC(=O)[C@H](CC(C)=O)NC(=O)[C@@H](N)CC(C)=O. The first-order chi connectivity index (χ1) is 21.6. The van der Waals surface area contributed by atoms with E-state index in [2.05, 4.69) is 10.6 Å². The van der Waals surface area contributed by atoms with Crippen LogP contribution in [0.3, 0.4) is 0 Å². The number of Topliss-reactive ketones (excluding diaryl/α,β-unsaturated/α-hetero) is 6. The molecule has 0 saturated heterocycles. The van der Waals surface area contributed by atoms with Gasteiger partial charge in [-0.05, 0) is 40.5 Å². The number of ketones is 6. The highest BCUT2D eigenvalue weighted by molar-refractivity contribution is 5.96. The Morgan fingerprint density at radius 3 is 1.39 bits per heavy atom. The van der Waals surface area contributed by atoms with Gasteiger partial charge in [-0.15, -0.1) is 0 Å². The lowest BCUT2D eigenvalue weighted by atomic mass is 9.92. The van der Waals surface area contributed by atoms with Crippen LogP contribution in [0, 0.1) is 5.92 Å². The molecule has 46 heavy (non-hydrogen) atoms. The summed E-state index contributed by atoms with van der Waals surface area (Å²) in [6.07, 6.45) is 10.7. The van der Waals surface area contributed by atoms with Crippen LogP contribution < -0.4 is 22.1 Å². The standard InChI is InChI=1S/C34H58N4O8/c1-23(39)18-27(22-32(44)28(35)19-24(2)40)33(45)37-17-15-13-11-9-7-5-6-8-10-12-14-16-31(43)30(21-26(4)42)38-34(46)29(36)20-25(3)41/h27-30H,5-22,35-36H2,1-4H3,(H,37,45)(H,38,46)/t27-,28+,29+,30+/m1/s1. The second-order valence-electron chi connectivity index (χ2n) is 12.7. The molecule has 0 saturated carbocycles. The van der Waals surface area contributed by atoms with Gasteiger partial charge in [0, 0.05) is 45.1 Å². The molecule has 0 heterocycles. The van der Waals surface area contributed by atoms with Crippen molar-refractivity contribution in [3.63, 3.8) is 0 Å². The Labute approximate surface area is 274 Å². The maximum atomic E-state index is 12.6. The molecule has 0 unspecified atom stereocenters. The summed E-state index contributed by atoms with van der Waals surface area (Å²) in [6.45, 7) is 5.89. The van der Waals surface area contributed by atoms with E-state index in [-0.39, 0.29) is 73.3 Å². The number of hydrogen-bond donors (Lipinski definition) is 4. The minimum absolute atomic E-state index is 0.0384. The number of rotatable bonds is 29. The van der Waals surface area contributed by atoms with Crippen LogP contribution in [0.25, 0.3) is 0 Å². The van der Waals surface area contributed by atoms with Crippen molar-refractivity contribution in [1.82, 2.24) is 10.6 Å². The summed E-state index contributed by atoms with van der Waals surface area (Å²) in [7, 11) is 0. The third-order valence-corrected chi connectivity index (χ3v) is 7.71. The van der Waals surface area contributed by atoms with Crippen LogP contribution in [-0.2, 0) is 38.4 Å². The molecule has 4 atom stereocenters. The maximum absolute atomic E-state index is 12.6. The van der Waals surface area contributed by atoms with Gasteiger partial charge in [0.25, 0.3) is 0 Å². The zero-order valence-corrected chi connectivity index (χ0v) is 28.5. The van der Waals surface area contributed by atoms with Crippen LogP contribution >= 0.6 is 0 Å². The van der Waals surface area contributed by atoms with Crippen LogP contribution in [0.2, 0.25) is 0 Å². The zero-order chi connectivity index (χ0) is 35.1. The molecule has 0 aromatic heterocycles. The second kappa shape index (κ2) is 25.0. The molecule has 262 valence electrons. The predicted molar refractivity (Wildman–Crippen MR) is 176 cm³/mol. The molecule has 0 bridgehead atoms. The Hall–Kier alpha value is -3.12. The second-order valence-corrected chi connectivity index (χ2v) is 12.7. The van der Waals surface area contributed by atoms with Crippen LogP contribution in [0.15, 0.2) is 0 Å². The Kier molecular flexibility index (Phi) is 23.3. The summed E-state index contributed by atoms with van der Waals surface area (Å²) in [4.78, 5) is 95.3. The molecule has 12 nitrogen and oxygen atoms in total. The van der Waals surface area contributed by atoms with Crippen molar-refractivity contribution in [2.45, 2.75) is 155 Å². The normalized spacial score (nSPS) is 13.6. The lowest BCUT2D eigenvalue weighted by Gasteiger charge is -2.19. The molecule has 0 aliphatic rings. The van der Waals surface area contributed by atoms with Crippen molar-refractivity contribution in [2.75, 3.05) is 6.54 Å². The first-order valence-corrected chi connectivity index (χ1v) is 16.8. The van der Waals surface area contributed by atoms with Gasteiger partial charge in [-0.1, -0.05) is 57.8 Å². The van der Waals surface area contributed by atoms with E-state index in [1.807, 2.05) is 0 Å². The minimum Gasteiger partial charge on any atom is -0.356 e. The van der Waals surface area contributed by atoms with Gasteiger partial charge in [-0.2, -0.15) is 0 Å². The Morgan fingerprint density at radius 1 is 0.478 bits per heavy atom. The third kappa shape index (κ3) is 22.4. The molecule has 12 heteroatoms. The highest BCUT2D eigenvalue weighted by Gasteiger charge is 2.27. The van der Waals surface area contributed by atoms with Crippen molar-refractivity contribution >= 4 is 46.5 Å². The van der Waals surface area contributed by atoms with Crippen molar-refractivity contribution in [2.24, 2.45) is 17.4 Å². The topological polar surface area (TPSA) is 213 Å². The van der Waals surface area contributed by atoms with Gasteiger partial charge in [0.1, 0.15) is 23.1 Å². The monoisotopic (exact) mass is 650 g/mol. The molecule has 0 aromatic rings. The van der Waals surface area contributed by atoms with Gasteiger partial charge in [0.05, 0.1) is 24.0 Å². The summed E-state index contributed by atoms with van der Waals surface area (Å²) in [5, 5.41) is 5.37. The number of nitrogens with one attached hydrogen (secondary N) is 2. The van der Waals surface area contributed by atoms with Crippen molar-refractivity contribution in [3.8, 4) is 0 Å². The van der Waals surface area contributed by atoms with E-state index < -0.39 is 35.7 Å². The highest BCUT2D eigenvalue weighted by atomic mass is 16.2. The molecular formula is C34H58N4O8. The smallest absolute Gasteiger partial charge is 0.237 e. The molecule has 6 N–H and O–H groups in total. The van der Waals surface area contributed by atoms with Crippen LogP contribution in [-0.4, -0.2) is 71.2 Å². The lowest BCUT2D eigenvalue weighted by Crippen LogP contribution is -2.49. The van der Waals surface area contributed by atoms with E-state index in [0.717, 1.165) is 64.2 Å². The van der Waals surface area contributed by atoms with Crippen LogP contribution in [0.4, 0.5) is 0 Å². The third-order valence-electron chi connectivity index (χ3n) is 7.71. The molecule has 0 aliphatic carbocycles. The average molecular weight is 651 g/mol. The number of nitrogens with two attached hydrogens (primary N) is 2. The van der Waals surface area contributed by atoms with Gasteiger partial charge in [0.15, 0.2) is 11.6 Å². The van der Waals surface area contributed by atoms with Crippen LogP contribution in [0.5, 0.6) is 0 Å². The van der Waals surface area contributed by atoms with E-state index >= 15 is 0 Å². The van der Waals surface area contributed by atoms with Crippen molar-refractivity contribution in [1.29, 1.82) is 0 Å². The van der Waals surface area contributed by atoms with Gasteiger partial charge >= 0.3 is 0 Å². The number of amides is 2. The summed E-state index contributed by atoms with van der Waals surface area (Å²) in [5.41, 5.74) is 11.5. The van der Waals surface area contributed by atoms with E-state index in [0.29, 0.717) is 13.0 Å². The zero-order valence-electron chi connectivity index (χ0n) is 28.5. The number of unbranched alkanes of at least 4 members (excludes halogenated alkanes) is 10. The number of carbonyl (C=O) groups excluding carboxylic acids is 8. The van der Waals surface area contributed by atoms with Crippen LogP contribution in [0.1, 0.15) is 137 Å². The number of hydrogen-bond acceptors (Lipinski definition) is 10. The number of carbonyl (C=O) groups is 8. The average Bonchev–Trinajstić information content (AvgIpc) is 2.94. The quantitative estimate of drug-likeness (QED) is 0.0869. The molecule has 2 amide bonds. The largest absolute Gasteiger partial charge is 0.356 e. The van der Waals surface area contributed by atoms with Gasteiger partial charge in [-0.25, -0.2) is 0 Å². The van der Waals surface area contributed by atoms with E-state index in [1.165, 1.54) is 27.7 Å². The first kappa shape index (κ1) is 42.9. The van der Waals surface area contributed by atoms with Gasteiger partial charge in [-0.3, -0.25) is 33.6 Å². The van der Waals surface area contributed by atoms with Gasteiger partial charge in [0.2, 0.25) is 11.8 Å². The van der Waals surface area contributed by atoms with E-state index in [1.54, 1.807) is 0 Å². The summed E-state index contributed by atoms with van der Waals surface area (Å²) in [6, 6.07) is -2.91. The minimum atomic E-state index is -1.04. The molecule has 0 fully saturated rings. The van der Waals surface area contributed by atoms with Gasteiger partial charge < -0.3 is 26.9 Å². The molecular weight excluding hydrogens is 592 g/mol. The first-order valence-electron chi connectivity index (χ1n) is 16.8. The fourth-order valence-electron chi connectivity index (χ4n) is 5.18. The lowest BCUT2D eigenvalue weighted by molar-refractivity contribution is -0.132. The summed E-state index contributed by atoms with van der Waals surface area (Å²) in [5.74, 6) is -3.13. The molecule has 0 spiro atoms. The van der Waals surface area contributed by atoms with E-state index in [4.69, 9.17) is 11.5 Å². The Morgan fingerprint density at radius 2 is 0.913 bits per heavy atom. The Balaban J connectivity index is 4.07. The molecule has 0 aromatic carbocycles. The fourth-order valence-corrected chi connectivity index (χ4v) is 5.18. The maximum Gasteiger partial charge on any atom is 0.237 e. The van der Waals surface area contributed by atoms with E-state index in [9.17, 15) is 38.4 Å². The highest BCUT2D eigenvalue weighted by Crippen LogP contribution is 2.15. The predicted octanol–water partition coefficient (Wildman–Crippen LogP) is 2.98. The van der Waals surface area contributed by atoms with Crippen molar-refractivity contribution in [3.05, 3.63) is 0 Å².